The van der Waals surface area contributed by atoms with Crippen LogP contribution in [0.5, 0.6) is 0 Å². The van der Waals surface area contributed by atoms with Crippen molar-refractivity contribution in [1.29, 1.82) is 0 Å². The summed E-state index contributed by atoms with van der Waals surface area (Å²) in [6.07, 6.45) is 2.25. The molecule has 1 saturated heterocycles. The molecule has 0 saturated carbocycles. The van der Waals surface area contributed by atoms with Crippen LogP contribution in [0, 0.1) is 0 Å². The van der Waals surface area contributed by atoms with Gasteiger partial charge in [-0.2, -0.15) is 0 Å². The largest absolute Gasteiger partial charge is 0.463 e. The van der Waals surface area contributed by atoms with Crippen LogP contribution in [0.3, 0.4) is 0 Å². The fourth-order valence-electron chi connectivity index (χ4n) is 2.22. The first-order valence-corrected chi connectivity index (χ1v) is 6.59. The van der Waals surface area contributed by atoms with Crippen LogP contribution in [0.4, 0.5) is 0 Å². The molecule has 0 spiro atoms. The molecule has 5 heteroatoms. The van der Waals surface area contributed by atoms with Crippen LogP contribution in [0.25, 0.3) is 0 Å². The Morgan fingerprint density at radius 2 is 1.56 bits per heavy atom. The molecule has 1 rings (SSSR count). The molecule has 0 aliphatic carbocycles. The molecular weight excluding hydrogens is 320 g/mol. The van der Waals surface area contributed by atoms with Crippen molar-refractivity contribution in [3.05, 3.63) is 0 Å². The number of carbonyl (C=O) groups is 1. The van der Waals surface area contributed by atoms with Crippen molar-refractivity contribution in [2.24, 2.45) is 0 Å². The first-order valence-electron chi connectivity index (χ1n) is 6.59. The van der Waals surface area contributed by atoms with Gasteiger partial charge < -0.3 is 19.3 Å². The third kappa shape index (κ3) is 19.5. The van der Waals surface area contributed by atoms with Crippen molar-refractivity contribution in [3.8, 4) is 0 Å². The maximum atomic E-state index is 10.8. The number of carbonyl (C=O) groups excluding carboxylic acids is 1. The molecule has 0 amide bonds. The van der Waals surface area contributed by atoms with Crippen molar-refractivity contribution in [2.75, 3.05) is 6.79 Å². The zero-order chi connectivity index (χ0) is 13.5. The second kappa shape index (κ2) is 23.4. The zero-order valence-corrected chi connectivity index (χ0v) is 11.4. The average Bonchev–Trinajstić information content (AvgIpc) is 2.27. The van der Waals surface area contributed by atoms with E-state index in [1.54, 1.807) is 6.92 Å². The highest BCUT2D eigenvalue weighted by Gasteiger charge is 2.25. The molecule has 1 N–H and O–H groups in total. The van der Waals surface area contributed by atoms with E-state index in [9.17, 15) is 9.90 Å². The van der Waals surface area contributed by atoms with Crippen LogP contribution in [-0.4, -0.2) is 42.3 Å². The van der Waals surface area contributed by atoms with Gasteiger partial charge in [0.1, 0.15) is 12.9 Å². The molecule has 0 aromatic heterocycles. The highest BCUT2D eigenvalue weighted by atomic mass is 16.7. The number of ether oxygens (including phenoxy) is 3. The third-order valence-corrected chi connectivity index (χ3v) is 3.09. The van der Waals surface area contributed by atoms with E-state index in [2.05, 4.69) is 6.92 Å². The molecule has 0 aromatic rings. The molecule has 0 radical (unpaired) electrons. The maximum absolute atomic E-state index is 10.8. The second-order valence-corrected chi connectivity index (χ2v) is 4.88. The number of aliphatic hydroxyl groups is 1. The van der Waals surface area contributed by atoms with Crippen LogP contribution >= 0.6 is 0 Å². The summed E-state index contributed by atoms with van der Waals surface area (Å²) in [5.41, 5.74) is 0. The first-order chi connectivity index (χ1) is 8.51. The number of hydrogen-bond donors (Lipinski definition) is 1. The van der Waals surface area contributed by atoms with Crippen molar-refractivity contribution >= 4 is 5.97 Å². The van der Waals surface area contributed by atoms with E-state index in [1.165, 1.54) is 6.92 Å². The van der Waals surface area contributed by atoms with Gasteiger partial charge in [-0.05, 0) is 19.8 Å². The van der Waals surface area contributed by atoms with E-state index in [1.807, 2.05) is 0 Å². The van der Waals surface area contributed by atoms with Crippen molar-refractivity contribution in [2.45, 2.75) is 123 Å². The van der Waals surface area contributed by atoms with Crippen LogP contribution in [0.15, 0.2) is 0 Å². The maximum Gasteiger partial charge on any atom is 0.302 e. The van der Waals surface area contributed by atoms with Gasteiger partial charge in [0.05, 0.1) is 18.3 Å². The quantitative estimate of drug-likeness (QED) is 0.573. The lowest BCUT2D eigenvalue weighted by atomic mass is 10.00. The standard InChI is InChI=1S/C13H24O5.7CH4/c1-4-12-7-13(17-8-16-12)6-11(15)5-9(2)18-10(3)14;;;;;;;/h9,11-13,15H,4-8H2,1-3H3;7*1H4. The minimum atomic E-state index is -0.514. The Morgan fingerprint density at radius 1 is 1.08 bits per heavy atom. The summed E-state index contributed by atoms with van der Waals surface area (Å²) in [5.74, 6) is -0.317. The number of hydrogen-bond acceptors (Lipinski definition) is 5. The Balaban J connectivity index is -0.0000000926. The molecule has 0 bridgehead atoms. The summed E-state index contributed by atoms with van der Waals surface area (Å²) in [5, 5.41) is 9.93. The topological polar surface area (TPSA) is 65.0 Å². The minimum Gasteiger partial charge on any atom is -0.463 e. The van der Waals surface area contributed by atoms with Gasteiger partial charge in [0.25, 0.3) is 0 Å². The smallest absolute Gasteiger partial charge is 0.302 e. The van der Waals surface area contributed by atoms with Gasteiger partial charge in [-0.15, -0.1) is 0 Å². The summed E-state index contributed by atoms with van der Waals surface area (Å²) in [7, 11) is 0. The fraction of sp³-hybridized carbons (Fsp3) is 0.950. The van der Waals surface area contributed by atoms with Crippen molar-refractivity contribution in [3.63, 3.8) is 0 Å². The molecule has 4 unspecified atom stereocenters. The van der Waals surface area contributed by atoms with Gasteiger partial charge >= 0.3 is 5.97 Å². The minimum absolute atomic E-state index is 0. The van der Waals surface area contributed by atoms with Gasteiger partial charge in [0.2, 0.25) is 0 Å². The molecule has 162 valence electrons. The predicted octanol–water partition coefficient (Wildman–Crippen LogP) is 6.07. The Kier molecular flexibility index (Phi) is 41.2. The Morgan fingerprint density at radius 3 is 2.00 bits per heavy atom. The molecule has 0 aromatic carbocycles. The van der Waals surface area contributed by atoms with E-state index in [0.717, 1.165) is 12.8 Å². The SMILES string of the molecule is C.C.C.C.C.C.C.CCC1CC(CC(O)CC(C)OC(C)=O)OCO1. The Labute approximate surface area is 160 Å². The number of rotatable bonds is 6. The summed E-state index contributed by atoms with van der Waals surface area (Å²) in [6.45, 7) is 5.53. The molecular formula is C20H52O5. The summed E-state index contributed by atoms with van der Waals surface area (Å²) >= 11 is 0. The third-order valence-electron chi connectivity index (χ3n) is 3.09. The van der Waals surface area contributed by atoms with E-state index in [-0.39, 0.29) is 76.3 Å². The van der Waals surface area contributed by atoms with Crippen LogP contribution in [-0.2, 0) is 19.0 Å². The van der Waals surface area contributed by atoms with Crippen molar-refractivity contribution in [1.82, 2.24) is 0 Å². The average molecular weight is 373 g/mol. The van der Waals surface area contributed by atoms with E-state index in [4.69, 9.17) is 14.2 Å². The molecule has 1 aliphatic heterocycles. The van der Waals surface area contributed by atoms with E-state index in [0.29, 0.717) is 19.6 Å². The molecule has 5 nitrogen and oxygen atoms in total. The lowest BCUT2D eigenvalue weighted by Crippen LogP contribution is -2.34. The summed E-state index contributed by atoms with van der Waals surface area (Å²) < 4.78 is 15.8. The molecule has 1 fully saturated rings. The van der Waals surface area contributed by atoms with Crippen molar-refractivity contribution < 1.29 is 24.1 Å². The zero-order valence-electron chi connectivity index (χ0n) is 11.4. The van der Waals surface area contributed by atoms with Crippen LogP contribution in [0.1, 0.15) is 98.4 Å². The molecule has 1 heterocycles. The van der Waals surface area contributed by atoms with Gasteiger partial charge in [-0.25, -0.2) is 0 Å². The Bertz CT molecular complexity index is 258. The lowest BCUT2D eigenvalue weighted by molar-refractivity contribution is -0.183. The summed E-state index contributed by atoms with van der Waals surface area (Å²) in [6, 6.07) is 0. The van der Waals surface area contributed by atoms with Gasteiger partial charge in [0, 0.05) is 19.8 Å². The number of aliphatic hydroxyl groups excluding tert-OH is 1. The van der Waals surface area contributed by atoms with Gasteiger partial charge in [-0.3, -0.25) is 4.79 Å². The summed E-state index contributed by atoms with van der Waals surface area (Å²) in [4.78, 5) is 10.8. The first kappa shape index (κ1) is 44.1. The second-order valence-electron chi connectivity index (χ2n) is 4.88. The Hall–Kier alpha value is -0.650. The van der Waals surface area contributed by atoms with Gasteiger partial charge in [-0.1, -0.05) is 58.9 Å². The monoisotopic (exact) mass is 372 g/mol. The van der Waals surface area contributed by atoms with Gasteiger partial charge in [0.15, 0.2) is 0 Å². The van der Waals surface area contributed by atoms with E-state index >= 15 is 0 Å². The van der Waals surface area contributed by atoms with Crippen LogP contribution < -0.4 is 0 Å². The molecule has 25 heavy (non-hydrogen) atoms. The molecule has 1 aliphatic rings. The predicted molar refractivity (Wildman–Crippen MR) is 113 cm³/mol. The highest BCUT2D eigenvalue weighted by molar-refractivity contribution is 5.66. The lowest BCUT2D eigenvalue weighted by Gasteiger charge is -2.30. The number of esters is 1. The molecule has 4 atom stereocenters. The highest BCUT2D eigenvalue weighted by Crippen LogP contribution is 2.21. The van der Waals surface area contributed by atoms with E-state index < -0.39 is 6.10 Å². The van der Waals surface area contributed by atoms with Crippen LogP contribution in [0.2, 0.25) is 0 Å². The normalized spacial score (nSPS) is 19.8. The fourth-order valence-corrected chi connectivity index (χ4v) is 2.22.